The summed E-state index contributed by atoms with van der Waals surface area (Å²) in [5, 5.41) is 12.3. The number of nitrogens with one attached hydrogen (secondary N) is 3. The van der Waals surface area contributed by atoms with Crippen LogP contribution in [0.1, 0.15) is 30.1 Å². The molecule has 10 nitrogen and oxygen atoms in total. The predicted octanol–water partition coefficient (Wildman–Crippen LogP) is 6.73. The Morgan fingerprint density at radius 1 is 1.00 bits per heavy atom. The summed E-state index contributed by atoms with van der Waals surface area (Å²) in [5.41, 5.74) is 0.878. The summed E-state index contributed by atoms with van der Waals surface area (Å²) in [6.45, 7) is 1.86. The highest BCUT2D eigenvalue weighted by molar-refractivity contribution is 6.39. The molecule has 4 aromatic rings. The Hall–Kier alpha value is -4.62. The van der Waals surface area contributed by atoms with Gasteiger partial charge in [0.15, 0.2) is 0 Å². The van der Waals surface area contributed by atoms with Crippen molar-refractivity contribution >= 4 is 46.5 Å². The van der Waals surface area contributed by atoms with Gasteiger partial charge in [-0.05, 0) is 61.2 Å². The van der Waals surface area contributed by atoms with E-state index in [1.807, 2.05) is 0 Å². The van der Waals surface area contributed by atoms with Gasteiger partial charge in [0.1, 0.15) is 11.4 Å². The SMILES string of the molecule is CCn1nc(-c2cccc(-c3cc(OC(F)(F)F)cc(C(=O)NC4CC4)c3)c2)cc(NC(=O)Nc2c(Cl)cncc2Cl)c1=O. The molecule has 1 saturated carbocycles. The first kappa shape index (κ1) is 30.8. The van der Waals surface area contributed by atoms with Gasteiger partial charge in [-0.15, -0.1) is 13.2 Å². The number of aromatic nitrogens is 3. The van der Waals surface area contributed by atoms with E-state index in [2.05, 4.69) is 30.8 Å². The second kappa shape index (κ2) is 12.5. The fourth-order valence-corrected chi connectivity index (χ4v) is 4.69. The molecule has 2 heterocycles. The molecule has 0 saturated heterocycles. The molecule has 0 radical (unpaired) electrons. The summed E-state index contributed by atoms with van der Waals surface area (Å²) < 4.78 is 44.6. The number of hydrogen-bond acceptors (Lipinski definition) is 6. The van der Waals surface area contributed by atoms with Crippen molar-refractivity contribution in [1.29, 1.82) is 0 Å². The molecule has 0 unspecified atom stereocenters. The average Bonchev–Trinajstić information content (AvgIpc) is 3.79. The number of halogens is 5. The standard InChI is InChI=1S/C29H23Cl2F3N6O4/c1-2-40-27(42)24(37-28(43)38-25-21(30)13-35-14-22(25)31)12-23(39-40)16-5-3-4-15(8-16)17-9-18(26(41)36-19-6-7-19)11-20(10-17)44-29(32,33)34/h3-5,8-14,19H,2,6-7H2,1H3,(H,36,41)(H2,35,37,38,43). The number of pyridine rings is 1. The molecule has 228 valence electrons. The molecule has 0 spiro atoms. The van der Waals surface area contributed by atoms with Crippen LogP contribution in [-0.2, 0) is 6.54 Å². The lowest BCUT2D eigenvalue weighted by Crippen LogP contribution is -2.29. The maximum absolute atomic E-state index is 13.1. The number of urea groups is 1. The first-order valence-electron chi connectivity index (χ1n) is 13.2. The zero-order chi connectivity index (χ0) is 31.6. The normalized spacial score (nSPS) is 12.9. The van der Waals surface area contributed by atoms with Crippen molar-refractivity contribution < 1.29 is 27.5 Å². The molecule has 1 fully saturated rings. The van der Waals surface area contributed by atoms with Gasteiger partial charge in [-0.2, -0.15) is 5.10 Å². The second-order valence-corrected chi connectivity index (χ2v) is 10.6. The number of rotatable bonds is 8. The fourth-order valence-electron chi connectivity index (χ4n) is 4.23. The molecule has 0 atom stereocenters. The van der Waals surface area contributed by atoms with Gasteiger partial charge in [0, 0.05) is 36.1 Å². The van der Waals surface area contributed by atoms with Crippen molar-refractivity contribution in [3.8, 4) is 28.1 Å². The second-order valence-electron chi connectivity index (χ2n) is 9.74. The van der Waals surface area contributed by atoms with Gasteiger partial charge >= 0.3 is 12.4 Å². The molecule has 0 aliphatic heterocycles. The third-order valence-electron chi connectivity index (χ3n) is 6.42. The Bertz CT molecular complexity index is 1790. The van der Waals surface area contributed by atoms with Gasteiger partial charge in [0.25, 0.3) is 11.5 Å². The summed E-state index contributed by atoms with van der Waals surface area (Å²) in [4.78, 5) is 42.3. The van der Waals surface area contributed by atoms with E-state index in [-0.39, 0.29) is 50.8 Å². The molecule has 0 bridgehead atoms. The molecule has 1 aliphatic carbocycles. The van der Waals surface area contributed by atoms with E-state index in [4.69, 9.17) is 23.2 Å². The van der Waals surface area contributed by atoms with Gasteiger partial charge in [0.2, 0.25) is 0 Å². The smallest absolute Gasteiger partial charge is 0.406 e. The molecule has 2 aromatic heterocycles. The van der Waals surface area contributed by atoms with Crippen LogP contribution in [0.5, 0.6) is 5.75 Å². The van der Waals surface area contributed by atoms with E-state index in [0.29, 0.717) is 11.1 Å². The van der Waals surface area contributed by atoms with Gasteiger partial charge in [-0.25, -0.2) is 9.48 Å². The maximum atomic E-state index is 13.1. The number of hydrogen-bond donors (Lipinski definition) is 3. The number of carbonyl (C=O) groups excluding carboxylic acids is 2. The lowest BCUT2D eigenvalue weighted by molar-refractivity contribution is -0.274. The van der Waals surface area contributed by atoms with Crippen LogP contribution in [0.25, 0.3) is 22.4 Å². The Morgan fingerprint density at radius 3 is 2.36 bits per heavy atom. The van der Waals surface area contributed by atoms with Gasteiger partial charge < -0.3 is 20.7 Å². The van der Waals surface area contributed by atoms with Crippen molar-refractivity contribution in [2.24, 2.45) is 0 Å². The quantitative estimate of drug-likeness (QED) is 0.195. The number of carbonyl (C=O) groups is 2. The number of nitrogens with zero attached hydrogens (tertiary/aromatic N) is 3. The Morgan fingerprint density at radius 2 is 1.70 bits per heavy atom. The summed E-state index contributed by atoms with van der Waals surface area (Å²) in [6.07, 6.45) is -0.783. The molecule has 3 N–H and O–H groups in total. The monoisotopic (exact) mass is 646 g/mol. The lowest BCUT2D eigenvalue weighted by Gasteiger charge is -2.14. The third-order valence-corrected chi connectivity index (χ3v) is 6.99. The fraction of sp³-hybridized carbons (Fsp3) is 0.207. The van der Waals surface area contributed by atoms with Gasteiger partial charge in [0.05, 0.1) is 21.4 Å². The Balaban J connectivity index is 1.49. The van der Waals surface area contributed by atoms with Crippen LogP contribution >= 0.6 is 23.2 Å². The zero-order valence-electron chi connectivity index (χ0n) is 22.8. The first-order chi connectivity index (χ1) is 20.9. The van der Waals surface area contributed by atoms with Crippen molar-refractivity contribution in [2.75, 3.05) is 10.6 Å². The van der Waals surface area contributed by atoms with Crippen molar-refractivity contribution in [3.05, 3.63) is 86.9 Å². The van der Waals surface area contributed by atoms with E-state index in [1.54, 1.807) is 31.2 Å². The third kappa shape index (κ3) is 7.47. The molecule has 1 aliphatic rings. The number of alkyl halides is 3. The van der Waals surface area contributed by atoms with E-state index >= 15 is 0 Å². The largest absolute Gasteiger partial charge is 0.573 e. The number of amides is 3. The highest BCUT2D eigenvalue weighted by Crippen LogP contribution is 2.33. The summed E-state index contributed by atoms with van der Waals surface area (Å²) in [7, 11) is 0. The minimum atomic E-state index is -4.97. The molecular formula is C29H23Cl2F3N6O4. The van der Waals surface area contributed by atoms with Crippen molar-refractivity contribution in [3.63, 3.8) is 0 Å². The maximum Gasteiger partial charge on any atom is 0.573 e. The first-order valence-corrected chi connectivity index (χ1v) is 14.0. The van der Waals surface area contributed by atoms with Crippen LogP contribution in [0.4, 0.5) is 29.3 Å². The van der Waals surface area contributed by atoms with Gasteiger partial charge in [-0.1, -0.05) is 41.4 Å². The molecular weight excluding hydrogens is 624 g/mol. The molecule has 15 heteroatoms. The van der Waals surface area contributed by atoms with Gasteiger partial charge in [-0.3, -0.25) is 14.6 Å². The number of benzene rings is 2. The minimum Gasteiger partial charge on any atom is -0.406 e. The molecule has 2 aromatic carbocycles. The number of ether oxygens (including phenoxy) is 1. The zero-order valence-corrected chi connectivity index (χ0v) is 24.3. The van der Waals surface area contributed by atoms with Crippen molar-refractivity contribution in [2.45, 2.75) is 38.7 Å². The number of anilines is 2. The van der Waals surface area contributed by atoms with Crippen LogP contribution in [-0.4, -0.2) is 39.1 Å². The molecule has 5 rings (SSSR count). The highest BCUT2D eigenvalue weighted by Gasteiger charge is 2.32. The topological polar surface area (TPSA) is 127 Å². The summed E-state index contributed by atoms with van der Waals surface area (Å²) in [6, 6.07) is 10.8. The van der Waals surface area contributed by atoms with E-state index in [9.17, 15) is 27.6 Å². The van der Waals surface area contributed by atoms with E-state index in [0.717, 1.165) is 23.6 Å². The van der Waals surface area contributed by atoms with Crippen LogP contribution in [0.15, 0.2) is 65.7 Å². The number of aryl methyl sites for hydroxylation is 1. The lowest BCUT2D eigenvalue weighted by atomic mass is 9.99. The highest BCUT2D eigenvalue weighted by atomic mass is 35.5. The Kier molecular flexibility index (Phi) is 8.79. The Labute approximate surface area is 258 Å². The van der Waals surface area contributed by atoms with E-state index < -0.39 is 29.6 Å². The summed E-state index contributed by atoms with van der Waals surface area (Å²) in [5.74, 6) is -1.07. The molecule has 3 amide bonds. The molecule has 44 heavy (non-hydrogen) atoms. The van der Waals surface area contributed by atoms with E-state index in [1.165, 1.54) is 30.6 Å². The summed E-state index contributed by atoms with van der Waals surface area (Å²) >= 11 is 12.1. The predicted molar refractivity (Wildman–Crippen MR) is 159 cm³/mol. The van der Waals surface area contributed by atoms with Crippen LogP contribution in [0, 0.1) is 0 Å². The van der Waals surface area contributed by atoms with Crippen LogP contribution in [0.3, 0.4) is 0 Å². The minimum absolute atomic E-state index is 0.00335. The van der Waals surface area contributed by atoms with Crippen LogP contribution < -0.4 is 26.2 Å². The average molecular weight is 647 g/mol. The van der Waals surface area contributed by atoms with Crippen LogP contribution in [0.2, 0.25) is 10.0 Å². The van der Waals surface area contributed by atoms with Crippen molar-refractivity contribution in [1.82, 2.24) is 20.1 Å².